The summed E-state index contributed by atoms with van der Waals surface area (Å²) in [5, 5.41) is 7.03. The van der Waals surface area contributed by atoms with Crippen LogP contribution in [0.1, 0.15) is 27.3 Å². The second-order valence-electron chi connectivity index (χ2n) is 8.19. The van der Waals surface area contributed by atoms with E-state index in [-0.39, 0.29) is 25.3 Å². The molecular weight excluding hydrogens is 470 g/mol. The zero-order valence-corrected chi connectivity index (χ0v) is 17.9. The summed E-state index contributed by atoms with van der Waals surface area (Å²) < 4.78 is 87.2. The van der Waals surface area contributed by atoms with Gasteiger partial charge in [0.25, 0.3) is 5.91 Å². The van der Waals surface area contributed by atoms with E-state index in [1.165, 1.54) is 6.07 Å². The van der Waals surface area contributed by atoms with Gasteiger partial charge in [0.2, 0.25) is 0 Å². The fourth-order valence-corrected chi connectivity index (χ4v) is 3.93. The Morgan fingerprint density at radius 2 is 1.97 bits per heavy atom. The predicted molar refractivity (Wildman–Crippen MR) is 106 cm³/mol. The summed E-state index contributed by atoms with van der Waals surface area (Å²) in [7, 11) is 0. The first-order chi connectivity index (χ1) is 16.0. The van der Waals surface area contributed by atoms with E-state index in [0.717, 1.165) is 17.8 Å². The predicted octanol–water partition coefficient (Wildman–Crippen LogP) is 3.03. The molecule has 34 heavy (non-hydrogen) atoms. The molecule has 13 heteroatoms. The van der Waals surface area contributed by atoms with Crippen molar-refractivity contribution >= 4 is 5.91 Å². The first-order valence-corrected chi connectivity index (χ1v) is 10.6. The molecule has 0 spiro atoms. The zero-order valence-electron chi connectivity index (χ0n) is 17.9. The summed E-state index contributed by atoms with van der Waals surface area (Å²) in [6, 6.07) is 4.33. The fourth-order valence-electron chi connectivity index (χ4n) is 3.93. The lowest BCUT2D eigenvalue weighted by Crippen LogP contribution is -2.43. The van der Waals surface area contributed by atoms with E-state index in [2.05, 4.69) is 15.2 Å². The molecule has 2 aliphatic heterocycles. The average Bonchev–Trinajstić information content (AvgIpc) is 3.18. The molecule has 7 nitrogen and oxygen atoms in total. The van der Waals surface area contributed by atoms with Crippen LogP contribution in [-0.2, 0) is 30.4 Å². The summed E-state index contributed by atoms with van der Waals surface area (Å²) in [5.74, 6) is -0.124. The SMILES string of the molecule is O=C(N[C@H]1COc2ccc(C(F)(F)F)cc2C1)c1cc2n(n1)CCN(CCOCC(F)(F)F)C2. The molecule has 4 rings (SSSR count). The lowest BCUT2D eigenvalue weighted by Gasteiger charge is -2.27. The third-order valence-corrected chi connectivity index (χ3v) is 5.56. The molecule has 2 aromatic rings. The van der Waals surface area contributed by atoms with E-state index >= 15 is 0 Å². The van der Waals surface area contributed by atoms with Crippen molar-refractivity contribution < 1.29 is 40.6 Å². The van der Waals surface area contributed by atoms with E-state index < -0.39 is 36.5 Å². The van der Waals surface area contributed by atoms with Crippen molar-refractivity contribution in [3.8, 4) is 5.75 Å². The molecule has 1 atom stereocenters. The lowest BCUT2D eigenvalue weighted by atomic mass is 10.00. The van der Waals surface area contributed by atoms with Crippen molar-refractivity contribution in [1.29, 1.82) is 0 Å². The Morgan fingerprint density at radius 3 is 2.71 bits per heavy atom. The number of benzene rings is 1. The van der Waals surface area contributed by atoms with Crippen LogP contribution in [0.2, 0.25) is 0 Å². The van der Waals surface area contributed by atoms with Crippen LogP contribution < -0.4 is 10.1 Å². The maximum atomic E-state index is 13.0. The Hall–Kier alpha value is -2.80. The smallest absolute Gasteiger partial charge is 0.416 e. The second-order valence-corrected chi connectivity index (χ2v) is 8.19. The van der Waals surface area contributed by atoms with Crippen LogP contribution in [0.3, 0.4) is 0 Å². The van der Waals surface area contributed by atoms with Crippen molar-refractivity contribution in [1.82, 2.24) is 20.0 Å². The molecule has 1 N–H and O–H groups in total. The van der Waals surface area contributed by atoms with Crippen LogP contribution in [0.5, 0.6) is 5.75 Å². The zero-order chi connectivity index (χ0) is 24.5. The van der Waals surface area contributed by atoms with Crippen molar-refractivity contribution in [2.45, 2.75) is 37.9 Å². The Bertz CT molecular complexity index is 1040. The highest BCUT2D eigenvalue weighted by Gasteiger charge is 2.33. The second kappa shape index (κ2) is 9.45. The Labute approximate surface area is 190 Å². The van der Waals surface area contributed by atoms with Gasteiger partial charge in [0.05, 0.1) is 30.5 Å². The molecule has 0 fully saturated rings. The number of nitrogens with zero attached hydrogens (tertiary/aromatic N) is 3. The first kappa shape index (κ1) is 24.3. The highest BCUT2D eigenvalue weighted by atomic mass is 19.4. The summed E-state index contributed by atoms with van der Waals surface area (Å²) in [6.07, 6.45) is -8.65. The number of rotatable bonds is 6. The number of aromatic nitrogens is 2. The molecule has 0 saturated carbocycles. The maximum Gasteiger partial charge on any atom is 0.416 e. The van der Waals surface area contributed by atoms with Gasteiger partial charge in [-0.3, -0.25) is 14.4 Å². The van der Waals surface area contributed by atoms with Gasteiger partial charge in [-0.05, 0) is 36.2 Å². The minimum atomic E-state index is -4.47. The topological polar surface area (TPSA) is 68.6 Å². The Balaban J connectivity index is 1.32. The van der Waals surface area contributed by atoms with Gasteiger partial charge in [-0.15, -0.1) is 0 Å². The molecule has 186 valence electrons. The highest BCUT2D eigenvalue weighted by molar-refractivity contribution is 5.92. The Kier molecular flexibility index (Phi) is 6.76. The molecule has 0 saturated heterocycles. The third kappa shape index (κ3) is 6.00. The molecule has 2 aliphatic rings. The number of carbonyl (C=O) groups is 1. The van der Waals surface area contributed by atoms with Crippen molar-refractivity contribution in [3.05, 3.63) is 46.8 Å². The van der Waals surface area contributed by atoms with Crippen LogP contribution in [0.4, 0.5) is 26.3 Å². The number of ether oxygens (including phenoxy) is 2. The average molecular weight is 492 g/mol. The monoisotopic (exact) mass is 492 g/mol. The van der Waals surface area contributed by atoms with Crippen LogP contribution in [0.25, 0.3) is 0 Å². The third-order valence-electron chi connectivity index (χ3n) is 5.56. The molecule has 3 heterocycles. The number of nitrogens with one attached hydrogen (secondary N) is 1. The summed E-state index contributed by atoms with van der Waals surface area (Å²) in [5.41, 5.74) is 0.461. The van der Waals surface area contributed by atoms with E-state index in [4.69, 9.17) is 4.74 Å². The van der Waals surface area contributed by atoms with Crippen molar-refractivity contribution in [2.75, 3.05) is 32.9 Å². The molecule has 0 unspecified atom stereocenters. The molecular formula is C21H22F6N4O3. The Morgan fingerprint density at radius 1 is 1.18 bits per heavy atom. The van der Waals surface area contributed by atoms with Crippen LogP contribution >= 0.6 is 0 Å². The van der Waals surface area contributed by atoms with Gasteiger partial charge in [0, 0.05) is 19.6 Å². The number of alkyl halides is 6. The number of fused-ring (bicyclic) bond motifs is 2. The molecule has 0 radical (unpaired) electrons. The summed E-state index contributed by atoms with van der Waals surface area (Å²) >= 11 is 0. The first-order valence-electron chi connectivity index (χ1n) is 10.6. The van der Waals surface area contributed by atoms with E-state index in [0.29, 0.717) is 37.5 Å². The minimum Gasteiger partial charge on any atom is -0.491 e. The van der Waals surface area contributed by atoms with Gasteiger partial charge in [0.1, 0.15) is 19.0 Å². The van der Waals surface area contributed by atoms with E-state index in [1.54, 1.807) is 10.7 Å². The van der Waals surface area contributed by atoms with Crippen LogP contribution in [-0.4, -0.2) is 65.7 Å². The quantitative estimate of drug-likeness (QED) is 0.496. The largest absolute Gasteiger partial charge is 0.491 e. The number of hydrogen-bond acceptors (Lipinski definition) is 5. The molecule has 1 aromatic heterocycles. The summed E-state index contributed by atoms with van der Waals surface area (Å²) in [4.78, 5) is 14.6. The molecule has 0 bridgehead atoms. The molecule has 1 amide bonds. The molecule has 0 aliphatic carbocycles. The number of carbonyl (C=O) groups excluding carboxylic acids is 1. The van der Waals surface area contributed by atoms with Gasteiger partial charge in [-0.25, -0.2) is 0 Å². The van der Waals surface area contributed by atoms with E-state index in [1.807, 2.05) is 4.90 Å². The maximum absolute atomic E-state index is 13.0. The van der Waals surface area contributed by atoms with Gasteiger partial charge in [-0.2, -0.15) is 31.4 Å². The van der Waals surface area contributed by atoms with Gasteiger partial charge >= 0.3 is 12.4 Å². The van der Waals surface area contributed by atoms with E-state index in [9.17, 15) is 31.1 Å². The van der Waals surface area contributed by atoms with Crippen molar-refractivity contribution in [2.24, 2.45) is 0 Å². The number of amides is 1. The van der Waals surface area contributed by atoms with Crippen molar-refractivity contribution in [3.63, 3.8) is 0 Å². The summed E-state index contributed by atoms with van der Waals surface area (Å²) in [6.45, 7) is 0.457. The minimum absolute atomic E-state index is 0.0692. The fraction of sp³-hybridized carbons (Fsp3) is 0.524. The molecule has 1 aromatic carbocycles. The van der Waals surface area contributed by atoms with Crippen LogP contribution in [0, 0.1) is 0 Å². The van der Waals surface area contributed by atoms with Gasteiger partial charge in [0.15, 0.2) is 5.69 Å². The highest BCUT2D eigenvalue weighted by Crippen LogP contribution is 2.34. The van der Waals surface area contributed by atoms with Gasteiger partial charge in [-0.1, -0.05) is 0 Å². The number of hydrogen-bond donors (Lipinski definition) is 1. The van der Waals surface area contributed by atoms with Crippen LogP contribution in [0.15, 0.2) is 24.3 Å². The van der Waals surface area contributed by atoms with Gasteiger partial charge < -0.3 is 14.8 Å². The standard InChI is InChI=1S/C21H22F6N4O3/c22-20(23,24)12-33-6-5-30-3-4-31-16(10-30)9-17(29-31)19(32)28-15-8-13-7-14(21(25,26)27)1-2-18(13)34-11-15/h1-2,7,9,15H,3-6,8,10-12H2,(H,28,32)/t15-/m1/s1. The normalized spacial score (nSPS) is 18.7. The number of halogens is 6. The lowest BCUT2D eigenvalue weighted by molar-refractivity contribution is -0.174.